The molecule has 0 radical (unpaired) electrons. The van der Waals surface area contributed by atoms with E-state index >= 15 is 0 Å². The van der Waals surface area contributed by atoms with Crippen LogP contribution in [0.15, 0.2) is 47.4 Å². The minimum absolute atomic E-state index is 0.0185. The molecular weight excluding hydrogens is 367 g/mol. The largest absolute Gasteiger partial charge is 0.508 e. The Morgan fingerprint density at radius 1 is 0.926 bits per heavy atom. The Bertz CT molecular complexity index is 935. The molecule has 0 aromatic heterocycles. The summed E-state index contributed by atoms with van der Waals surface area (Å²) in [6.07, 6.45) is 1.15. The summed E-state index contributed by atoms with van der Waals surface area (Å²) in [5, 5.41) is 10.1. The lowest BCUT2D eigenvalue weighted by Gasteiger charge is -2.32. The van der Waals surface area contributed by atoms with Gasteiger partial charge in [-0.1, -0.05) is 0 Å². The molecule has 0 amide bonds. The second-order valence-corrected chi connectivity index (χ2v) is 9.71. The molecule has 1 N–H and O–H groups in total. The van der Waals surface area contributed by atoms with Gasteiger partial charge in [-0.2, -0.15) is 0 Å². The number of hydrogen-bond donors (Lipinski definition) is 1. The van der Waals surface area contributed by atoms with Crippen molar-refractivity contribution >= 4 is 22.4 Å². The lowest BCUT2D eigenvalue weighted by Crippen LogP contribution is -2.41. The summed E-state index contributed by atoms with van der Waals surface area (Å²) < 4.78 is 40.9. The first kappa shape index (κ1) is 19.7. The highest BCUT2D eigenvalue weighted by atomic mass is 32.2. The van der Waals surface area contributed by atoms with E-state index in [1.54, 1.807) is 24.3 Å². The van der Waals surface area contributed by atoms with Crippen LogP contribution in [-0.2, 0) is 19.1 Å². The number of benzene rings is 2. The van der Waals surface area contributed by atoms with E-state index in [1.165, 1.54) is 18.2 Å². The Balaban J connectivity index is 1.84. The molecule has 3 rings (SSSR count). The van der Waals surface area contributed by atoms with Gasteiger partial charge in [-0.3, -0.25) is 0 Å². The standard InChI is InChI=1S/C19H23BO6S/c1-18(2)19(3,4)26-20(25-18)13-10-14(21)12-16(11-13)24-15-6-8-17(9-7-15)27(5,22)23/h6-12,21H,1-5H3. The third kappa shape index (κ3) is 4.13. The van der Waals surface area contributed by atoms with Crippen molar-refractivity contribution in [2.45, 2.75) is 43.8 Å². The summed E-state index contributed by atoms with van der Waals surface area (Å²) in [6.45, 7) is 7.82. The van der Waals surface area contributed by atoms with Crippen molar-refractivity contribution in [2.24, 2.45) is 0 Å². The van der Waals surface area contributed by atoms with Crippen LogP contribution in [0.25, 0.3) is 0 Å². The molecule has 6 nitrogen and oxygen atoms in total. The van der Waals surface area contributed by atoms with Crippen LogP contribution in [0.4, 0.5) is 0 Å². The molecule has 2 aromatic rings. The second-order valence-electron chi connectivity index (χ2n) is 7.69. The highest BCUT2D eigenvalue weighted by molar-refractivity contribution is 7.90. The van der Waals surface area contributed by atoms with Gasteiger partial charge in [-0.25, -0.2) is 8.42 Å². The molecule has 0 atom stereocenters. The van der Waals surface area contributed by atoms with E-state index in [4.69, 9.17) is 14.0 Å². The summed E-state index contributed by atoms with van der Waals surface area (Å²) in [5.74, 6) is 0.865. The molecule has 0 unspecified atom stereocenters. The Hall–Kier alpha value is -2.03. The first-order valence-corrected chi connectivity index (χ1v) is 10.4. The number of hydrogen-bond acceptors (Lipinski definition) is 6. The smallest absolute Gasteiger partial charge is 0.495 e. The lowest BCUT2D eigenvalue weighted by molar-refractivity contribution is 0.00578. The molecule has 0 spiro atoms. The third-order valence-electron chi connectivity index (χ3n) is 4.93. The van der Waals surface area contributed by atoms with Gasteiger partial charge in [-0.05, 0) is 69.6 Å². The van der Waals surface area contributed by atoms with Crippen LogP contribution in [0.5, 0.6) is 17.2 Å². The molecule has 1 aliphatic heterocycles. The summed E-state index contributed by atoms with van der Waals surface area (Å²) in [6, 6.07) is 10.8. The van der Waals surface area contributed by atoms with Crippen LogP contribution in [-0.4, -0.2) is 38.1 Å². The van der Waals surface area contributed by atoms with Crippen molar-refractivity contribution in [3.63, 3.8) is 0 Å². The van der Waals surface area contributed by atoms with E-state index in [2.05, 4.69) is 0 Å². The number of phenols is 1. The van der Waals surface area contributed by atoms with Crippen LogP contribution in [0.3, 0.4) is 0 Å². The quantitative estimate of drug-likeness (QED) is 0.809. The van der Waals surface area contributed by atoms with Crippen LogP contribution in [0, 0.1) is 0 Å². The molecule has 0 aliphatic carbocycles. The Labute approximate surface area is 160 Å². The summed E-state index contributed by atoms with van der Waals surface area (Å²) in [4.78, 5) is 0.212. The predicted octanol–water partition coefficient (Wildman–Crippen LogP) is 2.89. The van der Waals surface area contributed by atoms with Crippen molar-refractivity contribution in [3.05, 3.63) is 42.5 Å². The average molecular weight is 390 g/mol. The SMILES string of the molecule is CC1(C)OB(c2cc(O)cc(Oc3ccc(S(C)(=O)=O)cc3)c2)OC1(C)C. The predicted molar refractivity (Wildman–Crippen MR) is 103 cm³/mol. The lowest BCUT2D eigenvalue weighted by atomic mass is 9.79. The van der Waals surface area contributed by atoms with Gasteiger partial charge < -0.3 is 19.2 Å². The van der Waals surface area contributed by atoms with Crippen LogP contribution >= 0.6 is 0 Å². The molecule has 1 aliphatic rings. The van der Waals surface area contributed by atoms with Crippen molar-refractivity contribution in [1.82, 2.24) is 0 Å². The van der Waals surface area contributed by atoms with Gasteiger partial charge in [0.05, 0.1) is 16.1 Å². The van der Waals surface area contributed by atoms with Crippen LogP contribution < -0.4 is 10.2 Å². The maximum atomic E-state index is 11.5. The van der Waals surface area contributed by atoms with E-state index < -0.39 is 28.2 Å². The molecule has 2 aromatic carbocycles. The number of sulfone groups is 1. The highest BCUT2D eigenvalue weighted by Crippen LogP contribution is 2.37. The Morgan fingerprint density at radius 3 is 2.00 bits per heavy atom. The van der Waals surface area contributed by atoms with E-state index in [9.17, 15) is 13.5 Å². The fraction of sp³-hybridized carbons (Fsp3) is 0.368. The second kappa shape index (κ2) is 6.54. The zero-order valence-electron chi connectivity index (χ0n) is 16.0. The number of phenolic OH excluding ortho intramolecular Hbond substituents is 1. The monoisotopic (exact) mass is 390 g/mol. The third-order valence-corrected chi connectivity index (χ3v) is 6.06. The molecule has 144 valence electrons. The van der Waals surface area contributed by atoms with Gasteiger partial charge >= 0.3 is 7.12 Å². The highest BCUT2D eigenvalue weighted by Gasteiger charge is 2.51. The molecule has 1 fully saturated rings. The van der Waals surface area contributed by atoms with Crippen LogP contribution in [0.1, 0.15) is 27.7 Å². The number of ether oxygens (including phenoxy) is 1. The fourth-order valence-corrected chi connectivity index (χ4v) is 3.30. The molecular formula is C19H23BO6S. The van der Waals surface area contributed by atoms with Crippen LogP contribution in [0.2, 0.25) is 0 Å². The van der Waals surface area contributed by atoms with E-state index in [0.717, 1.165) is 6.26 Å². The molecule has 1 heterocycles. The van der Waals surface area contributed by atoms with Crippen molar-refractivity contribution in [3.8, 4) is 17.2 Å². The summed E-state index contributed by atoms with van der Waals surface area (Å²) >= 11 is 0. The van der Waals surface area contributed by atoms with E-state index in [-0.39, 0.29) is 10.6 Å². The van der Waals surface area contributed by atoms with Gasteiger partial charge in [0.1, 0.15) is 17.2 Å². The zero-order chi connectivity index (χ0) is 20.0. The maximum Gasteiger partial charge on any atom is 0.495 e. The van der Waals surface area contributed by atoms with E-state index in [0.29, 0.717) is 17.0 Å². The topological polar surface area (TPSA) is 82.1 Å². The summed E-state index contributed by atoms with van der Waals surface area (Å²) in [7, 11) is -3.90. The van der Waals surface area contributed by atoms with Crippen molar-refractivity contribution < 1.29 is 27.6 Å². The zero-order valence-corrected chi connectivity index (χ0v) is 16.8. The molecule has 8 heteroatoms. The minimum Gasteiger partial charge on any atom is -0.508 e. The summed E-state index contributed by atoms with van der Waals surface area (Å²) in [5.41, 5.74) is -0.353. The Kier molecular flexibility index (Phi) is 4.78. The van der Waals surface area contributed by atoms with Gasteiger partial charge in [-0.15, -0.1) is 0 Å². The van der Waals surface area contributed by atoms with Crippen molar-refractivity contribution in [2.75, 3.05) is 6.26 Å². The van der Waals surface area contributed by atoms with Crippen molar-refractivity contribution in [1.29, 1.82) is 0 Å². The first-order valence-electron chi connectivity index (χ1n) is 8.55. The maximum absolute atomic E-state index is 11.5. The minimum atomic E-state index is -3.27. The molecule has 0 saturated carbocycles. The first-order chi connectivity index (χ1) is 12.4. The normalized spacial score (nSPS) is 18.5. The molecule has 27 heavy (non-hydrogen) atoms. The number of aromatic hydroxyl groups is 1. The fourth-order valence-electron chi connectivity index (χ4n) is 2.67. The molecule has 1 saturated heterocycles. The van der Waals surface area contributed by atoms with Gasteiger partial charge in [0.15, 0.2) is 9.84 Å². The van der Waals surface area contributed by atoms with Gasteiger partial charge in [0, 0.05) is 12.3 Å². The van der Waals surface area contributed by atoms with Gasteiger partial charge in [0.25, 0.3) is 0 Å². The number of rotatable bonds is 4. The van der Waals surface area contributed by atoms with Gasteiger partial charge in [0.2, 0.25) is 0 Å². The molecule has 0 bridgehead atoms. The Morgan fingerprint density at radius 2 is 1.48 bits per heavy atom. The van der Waals surface area contributed by atoms with E-state index in [1.807, 2.05) is 27.7 Å². The average Bonchev–Trinajstić information content (AvgIpc) is 2.74.